The normalized spacial score (nSPS) is 10.2. The first kappa shape index (κ1) is 20.4. The van der Waals surface area contributed by atoms with Crippen LogP contribution in [0.4, 0.5) is 10.1 Å². The number of amides is 2. The highest BCUT2D eigenvalue weighted by atomic mass is 35.5. The highest BCUT2D eigenvalue weighted by molar-refractivity contribution is 6.30. The molecule has 6 nitrogen and oxygen atoms in total. The zero-order chi connectivity index (χ0) is 20.0. The van der Waals surface area contributed by atoms with E-state index in [2.05, 4.69) is 10.1 Å². The third kappa shape index (κ3) is 5.79. The van der Waals surface area contributed by atoms with Gasteiger partial charge in [-0.1, -0.05) is 23.7 Å². The van der Waals surface area contributed by atoms with Gasteiger partial charge in [0.1, 0.15) is 12.4 Å². The number of esters is 1. The van der Waals surface area contributed by atoms with Crippen molar-refractivity contribution in [3.8, 4) is 0 Å². The molecule has 2 rings (SSSR count). The number of nitrogens with zero attached hydrogens (tertiary/aromatic N) is 1. The first-order chi connectivity index (χ1) is 12.8. The lowest BCUT2D eigenvalue weighted by Crippen LogP contribution is -2.35. The zero-order valence-corrected chi connectivity index (χ0v) is 15.5. The average Bonchev–Trinajstić information content (AvgIpc) is 2.63. The summed E-state index contributed by atoms with van der Waals surface area (Å²) in [6.45, 7) is 1.07. The molecular formula is C19H18ClFN2O4. The van der Waals surface area contributed by atoms with Crippen LogP contribution in [0.3, 0.4) is 0 Å². The van der Waals surface area contributed by atoms with Crippen molar-refractivity contribution in [1.82, 2.24) is 4.90 Å². The van der Waals surface area contributed by atoms with Gasteiger partial charge >= 0.3 is 5.97 Å². The minimum Gasteiger partial charge on any atom is -0.468 e. The lowest BCUT2D eigenvalue weighted by molar-refractivity contribution is -0.141. The fourth-order valence-corrected chi connectivity index (χ4v) is 2.48. The molecule has 2 aromatic rings. The van der Waals surface area contributed by atoms with Gasteiger partial charge in [0.2, 0.25) is 5.91 Å². The van der Waals surface area contributed by atoms with Crippen LogP contribution in [-0.4, -0.2) is 36.3 Å². The number of rotatable bonds is 6. The van der Waals surface area contributed by atoms with Crippen molar-refractivity contribution < 1.29 is 23.5 Å². The van der Waals surface area contributed by atoms with Crippen LogP contribution in [0.5, 0.6) is 0 Å². The van der Waals surface area contributed by atoms with Gasteiger partial charge in [0.05, 0.1) is 12.8 Å². The third-order valence-corrected chi connectivity index (χ3v) is 3.90. The molecular weight excluding hydrogens is 375 g/mol. The fourth-order valence-electron chi connectivity index (χ4n) is 2.36. The van der Waals surface area contributed by atoms with Crippen LogP contribution in [0, 0.1) is 5.82 Å². The number of carbonyl (C=O) groups is 3. The maximum atomic E-state index is 13.8. The van der Waals surface area contributed by atoms with Crippen LogP contribution >= 0.6 is 11.6 Å². The van der Waals surface area contributed by atoms with Gasteiger partial charge in [0.25, 0.3) is 5.91 Å². The zero-order valence-electron chi connectivity index (χ0n) is 14.8. The Morgan fingerprint density at radius 3 is 2.41 bits per heavy atom. The Balaban J connectivity index is 2.30. The molecule has 2 aromatic carbocycles. The summed E-state index contributed by atoms with van der Waals surface area (Å²) in [5.41, 5.74) is 0.761. The molecule has 0 unspecified atom stereocenters. The minimum absolute atomic E-state index is 0.113. The predicted octanol–water partition coefficient (Wildman–Crippen LogP) is 3.25. The Hall–Kier alpha value is -2.93. The molecule has 0 saturated carbocycles. The Labute approximate surface area is 160 Å². The van der Waals surface area contributed by atoms with Gasteiger partial charge in [0, 0.05) is 24.1 Å². The van der Waals surface area contributed by atoms with E-state index in [-0.39, 0.29) is 24.3 Å². The van der Waals surface area contributed by atoms with E-state index in [1.807, 2.05) is 0 Å². The van der Waals surface area contributed by atoms with Crippen LogP contribution in [0.2, 0.25) is 5.02 Å². The van der Waals surface area contributed by atoms with Crippen molar-refractivity contribution in [3.05, 3.63) is 64.4 Å². The van der Waals surface area contributed by atoms with Gasteiger partial charge in [-0.2, -0.15) is 0 Å². The number of anilines is 1. The van der Waals surface area contributed by atoms with Gasteiger partial charge in [-0.15, -0.1) is 0 Å². The maximum Gasteiger partial charge on any atom is 0.325 e. The molecule has 142 valence electrons. The molecule has 0 radical (unpaired) electrons. The SMILES string of the molecule is COC(=O)CN(Cc1ccc(Cl)cc1)C(=O)c1ccc(F)c(NC(C)=O)c1. The summed E-state index contributed by atoms with van der Waals surface area (Å²) >= 11 is 5.86. The quantitative estimate of drug-likeness (QED) is 0.766. The number of hydrogen-bond acceptors (Lipinski definition) is 4. The Bertz CT molecular complexity index is 855. The van der Waals surface area contributed by atoms with Gasteiger partial charge in [-0.25, -0.2) is 4.39 Å². The monoisotopic (exact) mass is 392 g/mol. The molecule has 0 bridgehead atoms. The second-order valence-corrected chi connectivity index (χ2v) is 6.18. The molecule has 0 saturated heterocycles. The van der Waals surface area contributed by atoms with E-state index in [4.69, 9.17) is 11.6 Å². The Kier molecular flexibility index (Phi) is 6.90. The molecule has 0 heterocycles. The first-order valence-corrected chi connectivity index (χ1v) is 8.35. The van der Waals surface area contributed by atoms with Crippen molar-refractivity contribution in [1.29, 1.82) is 0 Å². The molecule has 0 aliphatic carbocycles. The summed E-state index contributed by atoms with van der Waals surface area (Å²) in [7, 11) is 1.22. The third-order valence-electron chi connectivity index (χ3n) is 3.65. The van der Waals surface area contributed by atoms with Gasteiger partial charge in [0.15, 0.2) is 0 Å². The summed E-state index contributed by atoms with van der Waals surface area (Å²) in [4.78, 5) is 37.0. The van der Waals surface area contributed by atoms with E-state index in [0.717, 1.165) is 11.6 Å². The van der Waals surface area contributed by atoms with Gasteiger partial charge < -0.3 is 15.0 Å². The number of hydrogen-bond donors (Lipinski definition) is 1. The molecule has 2 amide bonds. The summed E-state index contributed by atoms with van der Waals surface area (Å²) in [5, 5.41) is 2.87. The van der Waals surface area contributed by atoms with E-state index < -0.39 is 23.6 Å². The Morgan fingerprint density at radius 1 is 1.15 bits per heavy atom. The molecule has 0 fully saturated rings. The highest BCUT2D eigenvalue weighted by Crippen LogP contribution is 2.19. The topological polar surface area (TPSA) is 75.7 Å². The first-order valence-electron chi connectivity index (χ1n) is 7.98. The highest BCUT2D eigenvalue weighted by Gasteiger charge is 2.21. The van der Waals surface area contributed by atoms with Crippen molar-refractivity contribution in [2.75, 3.05) is 19.0 Å². The number of methoxy groups -OCH3 is 1. The van der Waals surface area contributed by atoms with Crippen molar-refractivity contribution in [3.63, 3.8) is 0 Å². The van der Waals surface area contributed by atoms with Crippen LogP contribution in [0.15, 0.2) is 42.5 Å². The average molecular weight is 393 g/mol. The molecule has 8 heteroatoms. The van der Waals surface area contributed by atoms with Crippen LogP contribution in [-0.2, 0) is 20.9 Å². The molecule has 0 spiro atoms. The van der Waals surface area contributed by atoms with Crippen molar-refractivity contribution in [2.24, 2.45) is 0 Å². The largest absolute Gasteiger partial charge is 0.468 e. The number of halogens is 2. The van der Waals surface area contributed by atoms with Gasteiger partial charge in [-0.3, -0.25) is 14.4 Å². The number of nitrogens with one attached hydrogen (secondary N) is 1. The van der Waals surface area contributed by atoms with E-state index in [0.29, 0.717) is 5.02 Å². The summed E-state index contributed by atoms with van der Waals surface area (Å²) in [6, 6.07) is 10.4. The van der Waals surface area contributed by atoms with E-state index in [1.54, 1.807) is 24.3 Å². The molecule has 0 atom stereocenters. The second-order valence-electron chi connectivity index (χ2n) is 5.74. The van der Waals surface area contributed by atoms with E-state index >= 15 is 0 Å². The van der Waals surface area contributed by atoms with Crippen LogP contribution < -0.4 is 5.32 Å². The maximum absolute atomic E-state index is 13.8. The second kappa shape index (κ2) is 9.14. The number of carbonyl (C=O) groups excluding carboxylic acids is 3. The van der Waals surface area contributed by atoms with Crippen LogP contribution in [0.1, 0.15) is 22.8 Å². The van der Waals surface area contributed by atoms with Gasteiger partial charge in [-0.05, 0) is 35.9 Å². The molecule has 1 N–H and O–H groups in total. The molecule has 0 aromatic heterocycles. The Morgan fingerprint density at radius 2 is 1.81 bits per heavy atom. The standard InChI is InChI=1S/C19H18ClFN2O4/c1-12(24)22-17-9-14(5-8-16(17)21)19(26)23(11-18(25)27-2)10-13-3-6-15(20)7-4-13/h3-9H,10-11H2,1-2H3,(H,22,24). The summed E-state index contributed by atoms with van der Waals surface area (Å²) < 4.78 is 18.5. The molecule has 0 aliphatic rings. The molecule has 27 heavy (non-hydrogen) atoms. The minimum atomic E-state index is -0.668. The lowest BCUT2D eigenvalue weighted by atomic mass is 10.1. The fraction of sp³-hybridized carbons (Fsp3) is 0.211. The smallest absolute Gasteiger partial charge is 0.325 e. The van der Waals surface area contributed by atoms with E-state index in [9.17, 15) is 18.8 Å². The van der Waals surface area contributed by atoms with E-state index in [1.165, 1.54) is 31.1 Å². The lowest BCUT2D eigenvalue weighted by Gasteiger charge is -2.22. The van der Waals surface area contributed by atoms with Crippen molar-refractivity contribution >= 4 is 35.1 Å². The van der Waals surface area contributed by atoms with Crippen LogP contribution in [0.25, 0.3) is 0 Å². The molecule has 0 aliphatic heterocycles. The van der Waals surface area contributed by atoms with Crippen molar-refractivity contribution in [2.45, 2.75) is 13.5 Å². The summed E-state index contributed by atoms with van der Waals surface area (Å²) in [6.07, 6.45) is 0. The number of benzene rings is 2. The predicted molar refractivity (Wildman–Crippen MR) is 98.9 cm³/mol. The number of ether oxygens (including phenoxy) is 1. The summed E-state index contributed by atoms with van der Waals surface area (Å²) in [5.74, 6) is -2.24.